The van der Waals surface area contributed by atoms with Gasteiger partial charge in [0, 0.05) is 19.6 Å². The zero-order valence-electron chi connectivity index (χ0n) is 11.3. The van der Waals surface area contributed by atoms with Gasteiger partial charge in [-0.1, -0.05) is 6.42 Å². The SMILES string of the molecule is CNc1cncc(C(=O)N2CCCC3CCCC32)n1. The molecular formula is C14H20N4O. The lowest BCUT2D eigenvalue weighted by molar-refractivity contribution is 0.0542. The number of likely N-dealkylation sites (tertiary alicyclic amines) is 1. The van der Waals surface area contributed by atoms with Crippen LogP contribution in [-0.2, 0) is 0 Å². The van der Waals surface area contributed by atoms with E-state index in [-0.39, 0.29) is 5.91 Å². The van der Waals surface area contributed by atoms with Gasteiger partial charge >= 0.3 is 0 Å². The predicted molar refractivity (Wildman–Crippen MR) is 73.0 cm³/mol. The maximum atomic E-state index is 12.6. The molecule has 1 saturated carbocycles. The summed E-state index contributed by atoms with van der Waals surface area (Å²) in [7, 11) is 1.78. The molecule has 19 heavy (non-hydrogen) atoms. The van der Waals surface area contributed by atoms with Crippen molar-refractivity contribution in [1.29, 1.82) is 0 Å². The van der Waals surface area contributed by atoms with Gasteiger partial charge in [-0.15, -0.1) is 0 Å². The molecule has 0 bridgehead atoms. The highest BCUT2D eigenvalue weighted by Crippen LogP contribution is 2.37. The molecule has 0 aromatic carbocycles. The van der Waals surface area contributed by atoms with Gasteiger partial charge in [0.05, 0.1) is 12.4 Å². The van der Waals surface area contributed by atoms with E-state index in [4.69, 9.17) is 0 Å². The summed E-state index contributed by atoms with van der Waals surface area (Å²) >= 11 is 0. The molecule has 2 heterocycles. The van der Waals surface area contributed by atoms with Crippen LogP contribution in [0.15, 0.2) is 12.4 Å². The lowest BCUT2D eigenvalue weighted by Crippen LogP contribution is -2.46. The second kappa shape index (κ2) is 5.15. The van der Waals surface area contributed by atoms with E-state index < -0.39 is 0 Å². The Morgan fingerprint density at radius 2 is 2.16 bits per heavy atom. The number of carbonyl (C=O) groups is 1. The lowest BCUT2D eigenvalue weighted by atomic mass is 9.92. The van der Waals surface area contributed by atoms with Crippen molar-refractivity contribution in [3.8, 4) is 0 Å². The number of nitrogens with zero attached hydrogens (tertiary/aromatic N) is 3. The molecule has 1 aliphatic carbocycles. The molecule has 102 valence electrons. The van der Waals surface area contributed by atoms with Gasteiger partial charge in [0.15, 0.2) is 0 Å². The van der Waals surface area contributed by atoms with Crippen LogP contribution in [-0.4, -0.2) is 40.4 Å². The van der Waals surface area contributed by atoms with Crippen LogP contribution in [0.3, 0.4) is 0 Å². The van der Waals surface area contributed by atoms with Gasteiger partial charge < -0.3 is 10.2 Å². The summed E-state index contributed by atoms with van der Waals surface area (Å²) in [5.41, 5.74) is 0.458. The fourth-order valence-electron chi connectivity index (χ4n) is 3.44. The van der Waals surface area contributed by atoms with Crippen molar-refractivity contribution < 1.29 is 4.79 Å². The van der Waals surface area contributed by atoms with Crippen LogP contribution in [0.1, 0.15) is 42.6 Å². The highest BCUT2D eigenvalue weighted by molar-refractivity contribution is 5.92. The second-order valence-electron chi connectivity index (χ2n) is 5.44. The summed E-state index contributed by atoms with van der Waals surface area (Å²) in [6.07, 6.45) is 9.27. The third-order valence-corrected chi connectivity index (χ3v) is 4.36. The van der Waals surface area contributed by atoms with E-state index in [1.807, 2.05) is 4.90 Å². The number of rotatable bonds is 2. The second-order valence-corrected chi connectivity index (χ2v) is 5.44. The number of nitrogens with one attached hydrogen (secondary N) is 1. The van der Waals surface area contributed by atoms with Crippen LogP contribution >= 0.6 is 0 Å². The van der Waals surface area contributed by atoms with Crippen LogP contribution in [0.5, 0.6) is 0 Å². The average molecular weight is 260 g/mol. The fraction of sp³-hybridized carbons (Fsp3) is 0.643. The number of fused-ring (bicyclic) bond motifs is 1. The largest absolute Gasteiger partial charge is 0.372 e. The van der Waals surface area contributed by atoms with Crippen LogP contribution in [0.25, 0.3) is 0 Å². The van der Waals surface area contributed by atoms with E-state index in [0.29, 0.717) is 23.5 Å². The lowest BCUT2D eigenvalue weighted by Gasteiger charge is -2.37. The molecule has 1 aromatic heterocycles. The highest BCUT2D eigenvalue weighted by Gasteiger charge is 2.37. The van der Waals surface area contributed by atoms with E-state index in [0.717, 1.165) is 19.4 Å². The Labute approximate surface area is 113 Å². The van der Waals surface area contributed by atoms with Gasteiger partial charge in [-0.2, -0.15) is 0 Å². The van der Waals surface area contributed by atoms with Crippen molar-refractivity contribution >= 4 is 11.7 Å². The van der Waals surface area contributed by atoms with Crippen molar-refractivity contribution in [3.63, 3.8) is 0 Å². The maximum absolute atomic E-state index is 12.6. The molecular weight excluding hydrogens is 240 g/mol. The molecule has 5 nitrogen and oxygen atoms in total. The van der Waals surface area contributed by atoms with Crippen molar-refractivity contribution in [1.82, 2.24) is 14.9 Å². The third kappa shape index (κ3) is 2.29. The summed E-state index contributed by atoms with van der Waals surface area (Å²) < 4.78 is 0. The first-order chi connectivity index (χ1) is 9.29. The molecule has 5 heteroatoms. The topological polar surface area (TPSA) is 58.1 Å². The number of anilines is 1. The van der Waals surface area contributed by atoms with E-state index in [9.17, 15) is 4.79 Å². The minimum Gasteiger partial charge on any atom is -0.372 e. The number of carbonyl (C=O) groups excluding carboxylic acids is 1. The molecule has 2 aliphatic rings. The smallest absolute Gasteiger partial charge is 0.274 e. The molecule has 2 fully saturated rings. The summed E-state index contributed by atoms with van der Waals surface area (Å²) in [5, 5.41) is 2.93. The molecule has 1 aliphatic heterocycles. The normalized spacial score (nSPS) is 26.1. The number of aromatic nitrogens is 2. The summed E-state index contributed by atoms with van der Waals surface area (Å²) in [4.78, 5) is 23.0. The Morgan fingerprint density at radius 1 is 1.32 bits per heavy atom. The van der Waals surface area contributed by atoms with E-state index in [1.54, 1.807) is 19.4 Å². The Morgan fingerprint density at radius 3 is 3.00 bits per heavy atom. The number of hydrogen-bond donors (Lipinski definition) is 1. The van der Waals surface area contributed by atoms with Gasteiger partial charge in [-0.25, -0.2) is 4.98 Å². The van der Waals surface area contributed by atoms with Gasteiger partial charge in [0.2, 0.25) is 0 Å². The molecule has 2 unspecified atom stereocenters. The van der Waals surface area contributed by atoms with Gasteiger partial charge in [-0.05, 0) is 31.6 Å². The molecule has 1 amide bonds. The van der Waals surface area contributed by atoms with E-state index in [1.165, 1.54) is 19.3 Å². The minimum absolute atomic E-state index is 0.0428. The van der Waals surface area contributed by atoms with E-state index >= 15 is 0 Å². The van der Waals surface area contributed by atoms with Crippen LogP contribution in [0, 0.1) is 5.92 Å². The summed E-state index contributed by atoms with van der Waals surface area (Å²) in [6, 6.07) is 0.432. The molecule has 0 spiro atoms. The van der Waals surface area contributed by atoms with Crippen molar-refractivity contribution in [2.45, 2.75) is 38.1 Å². The Bertz CT molecular complexity index is 476. The van der Waals surface area contributed by atoms with Gasteiger partial charge in [0.1, 0.15) is 11.5 Å². The predicted octanol–water partition coefficient (Wildman–Crippen LogP) is 1.92. The first-order valence-corrected chi connectivity index (χ1v) is 7.10. The molecule has 1 saturated heterocycles. The minimum atomic E-state index is 0.0428. The molecule has 3 rings (SSSR count). The van der Waals surface area contributed by atoms with Crippen molar-refractivity contribution in [2.24, 2.45) is 5.92 Å². The quantitative estimate of drug-likeness (QED) is 0.882. The maximum Gasteiger partial charge on any atom is 0.274 e. The summed E-state index contributed by atoms with van der Waals surface area (Å²) in [6.45, 7) is 0.867. The first kappa shape index (κ1) is 12.4. The number of hydrogen-bond acceptors (Lipinski definition) is 4. The van der Waals surface area contributed by atoms with Crippen LogP contribution < -0.4 is 5.32 Å². The van der Waals surface area contributed by atoms with Crippen molar-refractivity contribution in [3.05, 3.63) is 18.1 Å². The average Bonchev–Trinajstić information content (AvgIpc) is 2.95. The molecule has 1 N–H and O–H groups in total. The van der Waals surface area contributed by atoms with Crippen molar-refractivity contribution in [2.75, 3.05) is 18.9 Å². The third-order valence-electron chi connectivity index (χ3n) is 4.36. The highest BCUT2D eigenvalue weighted by atomic mass is 16.2. The Hall–Kier alpha value is -1.65. The fourth-order valence-corrected chi connectivity index (χ4v) is 3.44. The summed E-state index contributed by atoms with van der Waals surface area (Å²) in [5.74, 6) is 1.39. The monoisotopic (exact) mass is 260 g/mol. The Kier molecular flexibility index (Phi) is 3.36. The molecule has 2 atom stereocenters. The zero-order valence-corrected chi connectivity index (χ0v) is 11.3. The van der Waals surface area contributed by atoms with Crippen LogP contribution in [0.2, 0.25) is 0 Å². The van der Waals surface area contributed by atoms with E-state index in [2.05, 4.69) is 15.3 Å². The standard InChI is InChI=1S/C14H20N4O/c1-15-13-9-16-8-11(17-13)14(19)18-7-3-5-10-4-2-6-12(10)18/h8-10,12H,2-7H2,1H3,(H,15,17). The van der Waals surface area contributed by atoms with Gasteiger partial charge in [-0.3, -0.25) is 9.78 Å². The number of amides is 1. The molecule has 1 aromatic rings. The molecule has 0 radical (unpaired) electrons. The first-order valence-electron chi connectivity index (χ1n) is 7.10. The van der Waals surface area contributed by atoms with Gasteiger partial charge in [0.25, 0.3) is 5.91 Å². The van der Waals surface area contributed by atoms with Crippen LogP contribution in [0.4, 0.5) is 5.82 Å². The Balaban J connectivity index is 1.82. The zero-order chi connectivity index (χ0) is 13.2. The number of piperidine rings is 1.